The first-order valence-electron chi connectivity index (χ1n) is 5.73. The maximum atomic E-state index is 11.5. The van der Waals surface area contributed by atoms with E-state index in [0.717, 1.165) is 0 Å². The van der Waals surface area contributed by atoms with Gasteiger partial charge in [0.15, 0.2) is 5.82 Å². The van der Waals surface area contributed by atoms with Gasteiger partial charge in [0.2, 0.25) is 0 Å². The van der Waals surface area contributed by atoms with Crippen LogP contribution >= 0.6 is 0 Å². The molecule has 0 radical (unpaired) electrons. The Morgan fingerprint density at radius 3 is 2.30 bits per heavy atom. The van der Waals surface area contributed by atoms with Gasteiger partial charge in [0.05, 0.1) is 26.0 Å². The summed E-state index contributed by atoms with van der Waals surface area (Å²) in [5, 5.41) is 0. The highest BCUT2D eigenvalue weighted by atomic mass is 16.5. The summed E-state index contributed by atoms with van der Waals surface area (Å²) >= 11 is 0. The number of hydrogen-bond acceptors (Lipinski definition) is 6. The fourth-order valence-electron chi connectivity index (χ4n) is 1.71. The molecule has 0 aliphatic carbocycles. The molecule has 2 rings (SSSR count). The van der Waals surface area contributed by atoms with E-state index in [1.165, 1.54) is 26.6 Å². The molecule has 0 N–H and O–H groups in total. The van der Waals surface area contributed by atoms with E-state index < -0.39 is 11.9 Å². The van der Waals surface area contributed by atoms with E-state index >= 15 is 0 Å². The third-order valence-corrected chi connectivity index (χ3v) is 2.80. The summed E-state index contributed by atoms with van der Waals surface area (Å²) in [4.78, 5) is 31.1. The highest BCUT2D eigenvalue weighted by molar-refractivity contribution is 5.89. The average Bonchev–Trinajstić information content (AvgIpc) is 2.87. The number of ether oxygens (including phenoxy) is 2. The second-order valence-electron chi connectivity index (χ2n) is 3.94. The number of rotatable bonds is 3. The summed E-state index contributed by atoms with van der Waals surface area (Å²) in [5.41, 5.74) is 1.20. The van der Waals surface area contributed by atoms with Crippen molar-refractivity contribution in [3.63, 3.8) is 0 Å². The van der Waals surface area contributed by atoms with E-state index in [1.807, 2.05) is 0 Å². The van der Waals surface area contributed by atoms with Crippen molar-refractivity contribution in [2.24, 2.45) is 7.05 Å². The predicted octanol–water partition coefficient (Wildman–Crippen LogP) is 1.06. The summed E-state index contributed by atoms with van der Waals surface area (Å²) in [6, 6.07) is 3.22. The van der Waals surface area contributed by atoms with Gasteiger partial charge in [-0.05, 0) is 12.1 Å². The molecule has 0 aliphatic rings. The summed E-state index contributed by atoms with van der Waals surface area (Å²) in [6.07, 6.45) is 2.81. The van der Waals surface area contributed by atoms with Crippen molar-refractivity contribution in [3.8, 4) is 11.5 Å². The van der Waals surface area contributed by atoms with E-state index in [9.17, 15) is 9.59 Å². The molecule has 20 heavy (non-hydrogen) atoms. The monoisotopic (exact) mass is 275 g/mol. The minimum absolute atomic E-state index is 0.321. The van der Waals surface area contributed by atoms with Crippen LogP contribution in [0.1, 0.15) is 20.8 Å². The molecule has 104 valence electrons. The summed E-state index contributed by atoms with van der Waals surface area (Å²) in [5.74, 6) is -0.432. The molecule has 0 unspecified atom stereocenters. The number of pyridine rings is 1. The molecule has 2 aromatic heterocycles. The SMILES string of the molecule is COC(=O)c1ccc(-c2ncc(C(=O)OC)n2C)nc1. The Balaban J connectivity index is 2.35. The highest BCUT2D eigenvalue weighted by Gasteiger charge is 2.16. The topological polar surface area (TPSA) is 83.3 Å². The number of imidazole rings is 1. The van der Waals surface area contributed by atoms with Crippen LogP contribution in [0.4, 0.5) is 0 Å². The van der Waals surface area contributed by atoms with Crippen molar-refractivity contribution in [1.82, 2.24) is 14.5 Å². The minimum Gasteiger partial charge on any atom is -0.465 e. The Labute approximate surface area is 115 Å². The van der Waals surface area contributed by atoms with Gasteiger partial charge in [-0.1, -0.05) is 0 Å². The normalized spacial score (nSPS) is 10.2. The van der Waals surface area contributed by atoms with Gasteiger partial charge in [-0.3, -0.25) is 4.98 Å². The van der Waals surface area contributed by atoms with Gasteiger partial charge in [0.1, 0.15) is 11.4 Å². The number of esters is 2. The van der Waals surface area contributed by atoms with Crippen LogP contribution < -0.4 is 0 Å². The van der Waals surface area contributed by atoms with Crippen molar-refractivity contribution in [1.29, 1.82) is 0 Å². The molecule has 0 aromatic carbocycles. The number of aromatic nitrogens is 3. The van der Waals surface area contributed by atoms with Crippen LogP contribution in [0.3, 0.4) is 0 Å². The van der Waals surface area contributed by atoms with Gasteiger partial charge in [0, 0.05) is 13.2 Å². The molecular weight excluding hydrogens is 262 g/mol. The van der Waals surface area contributed by atoms with E-state index in [1.54, 1.807) is 23.7 Å². The average molecular weight is 275 g/mol. The number of hydrogen-bond donors (Lipinski definition) is 0. The molecule has 0 bridgehead atoms. The van der Waals surface area contributed by atoms with Gasteiger partial charge in [0.25, 0.3) is 0 Å². The minimum atomic E-state index is -0.475. The number of nitrogens with zero attached hydrogens (tertiary/aromatic N) is 3. The Morgan fingerprint density at radius 1 is 1.05 bits per heavy atom. The lowest BCUT2D eigenvalue weighted by Gasteiger charge is -2.04. The molecule has 0 fully saturated rings. The molecule has 0 amide bonds. The van der Waals surface area contributed by atoms with Crippen LogP contribution in [0.5, 0.6) is 0 Å². The maximum Gasteiger partial charge on any atom is 0.356 e. The molecule has 0 atom stereocenters. The predicted molar refractivity (Wildman–Crippen MR) is 69.1 cm³/mol. The maximum absolute atomic E-state index is 11.5. The van der Waals surface area contributed by atoms with Gasteiger partial charge in [-0.2, -0.15) is 0 Å². The first-order valence-corrected chi connectivity index (χ1v) is 5.73. The van der Waals surface area contributed by atoms with Crippen LogP contribution in [-0.2, 0) is 16.5 Å². The number of carbonyl (C=O) groups excluding carboxylic acids is 2. The van der Waals surface area contributed by atoms with Crippen molar-refractivity contribution < 1.29 is 19.1 Å². The fourth-order valence-corrected chi connectivity index (χ4v) is 1.71. The smallest absolute Gasteiger partial charge is 0.356 e. The van der Waals surface area contributed by atoms with E-state index in [4.69, 9.17) is 0 Å². The largest absolute Gasteiger partial charge is 0.465 e. The zero-order chi connectivity index (χ0) is 14.7. The second-order valence-corrected chi connectivity index (χ2v) is 3.94. The zero-order valence-electron chi connectivity index (χ0n) is 11.3. The zero-order valence-corrected chi connectivity index (χ0v) is 11.3. The summed E-state index contributed by atoms with van der Waals surface area (Å²) in [6.45, 7) is 0. The van der Waals surface area contributed by atoms with E-state index in [2.05, 4.69) is 19.4 Å². The molecule has 7 nitrogen and oxygen atoms in total. The molecular formula is C13H13N3O4. The molecule has 2 heterocycles. The van der Waals surface area contributed by atoms with E-state index in [0.29, 0.717) is 22.8 Å². The van der Waals surface area contributed by atoms with Gasteiger partial charge >= 0.3 is 11.9 Å². The van der Waals surface area contributed by atoms with Crippen molar-refractivity contribution in [2.75, 3.05) is 14.2 Å². The quantitative estimate of drug-likeness (QED) is 0.779. The summed E-state index contributed by atoms with van der Waals surface area (Å²) in [7, 11) is 4.29. The van der Waals surface area contributed by atoms with Gasteiger partial charge in [-0.25, -0.2) is 14.6 Å². The van der Waals surface area contributed by atoms with Gasteiger partial charge < -0.3 is 14.0 Å². The van der Waals surface area contributed by atoms with Crippen LogP contribution in [0.25, 0.3) is 11.5 Å². The first-order chi connectivity index (χ1) is 9.58. The third kappa shape index (κ3) is 2.37. The van der Waals surface area contributed by atoms with Crippen molar-refractivity contribution in [3.05, 3.63) is 35.8 Å². The second kappa shape index (κ2) is 5.52. The highest BCUT2D eigenvalue weighted by Crippen LogP contribution is 2.17. The molecule has 0 saturated heterocycles. The number of methoxy groups -OCH3 is 2. The fraction of sp³-hybridized carbons (Fsp3) is 0.231. The van der Waals surface area contributed by atoms with E-state index in [-0.39, 0.29) is 0 Å². The van der Waals surface area contributed by atoms with Crippen LogP contribution in [0.2, 0.25) is 0 Å². The van der Waals surface area contributed by atoms with Crippen molar-refractivity contribution >= 4 is 11.9 Å². The lowest BCUT2D eigenvalue weighted by Crippen LogP contribution is -2.08. The lowest BCUT2D eigenvalue weighted by atomic mass is 10.2. The molecule has 2 aromatic rings. The molecule has 0 aliphatic heterocycles. The lowest BCUT2D eigenvalue weighted by molar-refractivity contribution is 0.0585. The molecule has 0 saturated carbocycles. The Hall–Kier alpha value is -2.70. The number of carbonyl (C=O) groups is 2. The molecule has 0 spiro atoms. The standard InChI is InChI=1S/C13H13N3O4/c1-16-10(13(18)20-3)7-15-11(16)9-5-4-8(6-14-9)12(17)19-2/h4-7H,1-3H3. The van der Waals surface area contributed by atoms with Crippen LogP contribution in [0, 0.1) is 0 Å². The van der Waals surface area contributed by atoms with Gasteiger partial charge in [-0.15, -0.1) is 0 Å². The van der Waals surface area contributed by atoms with Crippen LogP contribution in [-0.4, -0.2) is 40.7 Å². The summed E-state index contributed by atoms with van der Waals surface area (Å²) < 4.78 is 10.8. The Kier molecular flexibility index (Phi) is 3.79. The third-order valence-electron chi connectivity index (χ3n) is 2.80. The molecule has 7 heteroatoms. The van der Waals surface area contributed by atoms with Crippen molar-refractivity contribution in [2.45, 2.75) is 0 Å². The van der Waals surface area contributed by atoms with Crippen LogP contribution in [0.15, 0.2) is 24.5 Å². The first kappa shape index (κ1) is 13.7. The Bertz CT molecular complexity index is 646. The Morgan fingerprint density at radius 2 is 1.75 bits per heavy atom.